The molecule has 2 atom stereocenters. The molecule has 0 spiro atoms. The first-order valence-corrected chi connectivity index (χ1v) is 8.16. The predicted molar refractivity (Wildman–Crippen MR) is 84.0 cm³/mol. The molecule has 2 saturated heterocycles. The highest BCUT2D eigenvalue weighted by Crippen LogP contribution is 2.38. The van der Waals surface area contributed by atoms with Crippen LogP contribution in [0.5, 0.6) is 0 Å². The van der Waals surface area contributed by atoms with E-state index in [0.717, 1.165) is 17.8 Å². The maximum Gasteiger partial charge on any atom is 0.131 e. The van der Waals surface area contributed by atoms with E-state index in [1.165, 1.54) is 30.6 Å². The van der Waals surface area contributed by atoms with Gasteiger partial charge in [-0.05, 0) is 32.7 Å². The fourth-order valence-electron chi connectivity index (χ4n) is 3.66. The van der Waals surface area contributed by atoms with Crippen molar-refractivity contribution in [2.45, 2.75) is 50.2 Å². The highest BCUT2D eigenvalue weighted by molar-refractivity contribution is 7.17. The lowest BCUT2D eigenvalue weighted by molar-refractivity contribution is 0.0609. The molecule has 3 N–H and O–H groups in total. The highest BCUT2D eigenvalue weighted by Gasteiger charge is 2.36. The Morgan fingerprint density at radius 2 is 1.90 bits per heavy atom. The Morgan fingerprint density at radius 3 is 2.48 bits per heavy atom. The fourth-order valence-corrected chi connectivity index (χ4v) is 4.60. The summed E-state index contributed by atoms with van der Waals surface area (Å²) in [5.74, 6) is 0. The van der Waals surface area contributed by atoms with Gasteiger partial charge in [0.2, 0.25) is 0 Å². The third-order valence-electron chi connectivity index (χ3n) is 4.83. The van der Waals surface area contributed by atoms with Crippen LogP contribution >= 0.6 is 11.3 Å². The number of nitrogen functional groups attached to an aromatic ring is 1. The maximum atomic E-state index is 9.26. The minimum absolute atomic E-state index is 0.320. The summed E-state index contributed by atoms with van der Waals surface area (Å²) < 4.78 is 0. The van der Waals surface area contributed by atoms with E-state index in [4.69, 9.17) is 11.0 Å². The lowest BCUT2D eigenvalue weighted by Gasteiger charge is -2.47. The monoisotopic (exact) mass is 301 g/mol. The molecule has 3 rings (SSSR count). The largest absolute Gasteiger partial charge is 0.396 e. The number of fused-ring (bicyclic) bond motifs is 2. The molecule has 2 fully saturated rings. The Kier molecular flexibility index (Phi) is 3.75. The van der Waals surface area contributed by atoms with Gasteiger partial charge in [-0.15, -0.1) is 11.3 Å². The van der Waals surface area contributed by atoms with E-state index in [0.29, 0.717) is 34.3 Å². The molecule has 2 bridgehead atoms. The predicted octanol–water partition coefficient (Wildman–Crippen LogP) is 2.50. The number of nitrogens with one attached hydrogen (secondary N) is 1. The third kappa shape index (κ3) is 2.46. The number of hydrogen-bond donors (Lipinski definition) is 2. The molecule has 2 aliphatic heterocycles. The SMILES string of the molecule is CN1C2CCCC1CC(Nc1sc(C#N)c(N)c1C#N)C2. The topological polar surface area (TPSA) is 88.9 Å². The van der Waals surface area contributed by atoms with Gasteiger partial charge in [-0.3, -0.25) is 0 Å². The first-order valence-electron chi connectivity index (χ1n) is 7.35. The average molecular weight is 301 g/mol. The van der Waals surface area contributed by atoms with Crippen molar-refractivity contribution < 1.29 is 0 Å². The molecule has 2 unspecified atom stereocenters. The van der Waals surface area contributed by atoms with E-state index in [-0.39, 0.29) is 0 Å². The van der Waals surface area contributed by atoms with E-state index in [1.807, 2.05) is 0 Å². The van der Waals surface area contributed by atoms with Gasteiger partial charge >= 0.3 is 0 Å². The zero-order valence-electron chi connectivity index (χ0n) is 12.1. The lowest BCUT2D eigenvalue weighted by atomic mass is 9.82. The number of anilines is 2. The summed E-state index contributed by atoms with van der Waals surface area (Å²) in [5, 5.41) is 22.6. The zero-order chi connectivity index (χ0) is 15.0. The number of thiophene rings is 1. The number of nitrogens with two attached hydrogens (primary N) is 1. The van der Waals surface area contributed by atoms with Crippen LogP contribution in [-0.2, 0) is 0 Å². The number of rotatable bonds is 2. The molecule has 6 heteroatoms. The molecule has 21 heavy (non-hydrogen) atoms. The second-order valence-corrected chi connectivity index (χ2v) is 7.01. The Hall–Kier alpha value is -1.76. The van der Waals surface area contributed by atoms with Crippen molar-refractivity contribution >= 4 is 22.0 Å². The molecule has 0 radical (unpaired) electrons. The van der Waals surface area contributed by atoms with Crippen molar-refractivity contribution in [3.63, 3.8) is 0 Å². The van der Waals surface area contributed by atoms with E-state index >= 15 is 0 Å². The van der Waals surface area contributed by atoms with Crippen molar-refractivity contribution in [3.05, 3.63) is 10.4 Å². The van der Waals surface area contributed by atoms with E-state index in [1.54, 1.807) is 0 Å². The minimum Gasteiger partial charge on any atom is -0.396 e. The van der Waals surface area contributed by atoms with Crippen LogP contribution in [0.3, 0.4) is 0 Å². The summed E-state index contributed by atoms with van der Waals surface area (Å²) in [6, 6.07) is 5.83. The quantitative estimate of drug-likeness (QED) is 0.876. The normalized spacial score (nSPS) is 28.6. The average Bonchev–Trinajstić information content (AvgIpc) is 2.75. The van der Waals surface area contributed by atoms with Crippen LogP contribution in [0, 0.1) is 22.7 Å². The highest BCUT2D eigenvalue weighted by atomic mass is 32.1. The molecule has 1 aromatic rings. The van der Waals surface area contributed by atoms with Gasteiger partial charge < -0.3 is 16.0 Å². The molecule has 110 valence electrons. The summed E-state index contributed by atoms with van der Waals surface area (Å²) in [6.07, 6.45) is 6.02. The molecular weight excluding hydrogens is 282 g/mol. The molecule has 0 saturated carbocycles. The van der Waals surface area contributed by atoms with Crippen LogP contribution in [-0.4, -0.2) is 30.1 Å². The first kappa shape index (κ1) is 14.2. The Bertz CT molecular complexity index is 609. The van der Waals surface area contributed by atoms with Crippen LogP contribution < -0.4 is 11.1 Å². The molecule has 1 aromatic heterocycles. The molecule has 0 aromatic carbocycles. The van der Waals surface area contributed by atoms with Gasteiger partial charge in [0.1, 0.15) is 27.6 Å². The summed E-state index contributed by atoms with van der Waals surface area (Å²) in [6.45, 7) is 0. The maximum absolute atomic E-state index is 9.26. The van der Waals surface area contributed by atoms with E-state index in [9.17, 15) is 5.26 Å². The summed E-state index contributed by atoms with van der Waals surface area (Å²) in [5.41, 5.74) is 6.61. The first-order chi connectivity index (χ1) is 10.1. The van der Waals surface area contributed by atoms with Gasteiger partial charge in [0.05, 0.1) is 5.69 Å². The van der Waals surface area contributed by atoms with Gasteiger partial charge in [-0.25, -0.2) is 0 Å². The van der Waals surface area contributed by atoms with Crippen molar-refractivity contribution in [1.82, 2.24) is 4.90 Å². The fraction of sp³-hybridized carbons (Fsp3) is 0.600. The van der Waals surface area contributed by atoms with E-state index in [2.05, 4.69) is 29.4 Å². The minimum atomic E-state index is 0.320. The van der Waals surface area contributed by atoms with Gasteiger partial charge in [0.25, 0.3) is 0 Å². The molecule has 0 aliphatic carbocycles. The van der Waals surface area contributed by atoms with Crippen molar-refractivity contribution in [2.75, 3.05) is 18.1 Å². The van der Waals surface area contributed by atoms with Gasteiger partial charge in [-0.2, -0.15) is 10.5 Å². The van der Waals surface area contributed by atoms with E-state index < -0.39 is 0 Å². The smallest absolute Gasteiger partial charge is 0.131 e. The third-order valence-corrected chi connectivity index (χ3v) is 5.87. The van der Waals surface area contributed by atoms with Crippen LogP contribution in [0.4, 0.5) is 10.7 Å². The standard InChI is InChI=1S/C15H19N5S/c1-20-10-3-2-4-11(20)6-9(5-10)19-15-12(7-16)14(18)13(8-17)21-15/h9-11,19H,2-6,18H2,1H3. The van der Waals surface area contributed by atoms with Gasteiger partial charge in [-0.1, -0.05) is 6.42 Å². The lowest BCUT2D eigenvalue weighted by Crippen LogP contribution is -2.52. The zero-order valence-corrected chi connectivity index (χ0v) is 12.9. The number of piperidine rings is 2. The van der Waals surface area contributed by atoms with Gasteiger partial charge in [0, 0.05) is 18.1 Å². The molecule has 0 amide bonds. The number of nitrogens with zero attached hydrogens (tertiary/aromatic N) is 3. The van der Waals surface area contributed by atoms with Crippen molar-refractivity contribution in [2.24, 2.45) is 0 Å². The second-order valence-electron chi connectivity index (χ2n) is 5.99. The summed E-state index contributed by atoms with van der Waals surface area (Å²) >= 11 is 1.30. The number of hydrogen-bond acceptors (Lipinski definition) is 6. The second kappa shape index (κ2) is 5.55. The molecule has 5 nitrogen and oxygen atoms in total. The van der Waals surface area contributed by atoms with Crippen LogP contribution in [0.25, 0.3) is 0 Å². The number of nitriles is 2. The Balaban J connectivity index is 1.79. The summed E-state index contributed by atoms with van der Waals surface area (Å²) in [4.78, 5) is 2.94. The Morgan fingerprint density at radius 1 is 1.24 bits per heavy atom. The molecule has 3 heterocycles. The summed E-state index contributed by atoms with van der Waals surface area (Å²) in [7, 11) is 2.22. The molecule has 2 aliphatic rings. The van der Waals surface area contributed by atoms with Gasteiger partial charge in [0.15, 0.2) is 0 Å². The van der Waals surface area contributed by atoms with Crippen LogP contribution in [0.2, 0.25) is 0 Å². The van der Waals surface area contributed by atoms with Crippen LogP contribution in [0.1, 0.15) is 42.5 Å². The molecular formula is C15H19N5S. The van der Waals surface area contributed by atoms with Crippen LogP contribution in [0.15, 0.2) is 0 Å². The Labute approximate surface area is 129 Å². The van der Waals surface area contributed by atoms with Crippen molar-refractivity contribution in [1.29, 1.82) is 10.5 Å². The van der Waals surface area contributed by atoms with Crippen molar-refractivity contribution in [3.8, 4) is 12.1 Å².